The number of hydrogen-bond donors (Lipinski definition) is 3. The number of benzene rings is 1. The lowest BCUT2D eigenvalue weighted by molar-refractivity contribution is 0.0947. The summed E-state index contributed by atoms with van der Waals surface area (Å²) < 4.78 is 0. The Hall–Kier alpha value is -2.30. The van der Waals surface area contributed by atoms with Gasteiger partial charge in [-0.25, -0.2) is 0 Å². The molecule has 94 valence electrons. The molecule has 1 aromatic heterocycles. The predicted octanol–water partition coefficient (Wildman–Crippen LogP) is 1.48. The van der Waals surface area contributed by atoms with Crippen molar-refractivity contribution in [3.63, 3.8) is 0 Å². The standard InChI is InChI=1S/C13H16N4O/c1-2-9-3-5-10(6-4-9)7-15-13(18)12-11(14)8-16-17-12/h3-6,8H,2,7,14H2,1H3,(H,15,18)(H,16,17). The third-order valence-electron chi connectivity index (χ3n) is 2.78. The molecule has 2 aromatic rings. The maximum Gasteiger partial charge on any atom is 0.271 e. The topological polar surface area (TPSA) is 83.8 Å². The van der Waals surface area contributed by atoms with E-state index in [9.17, 15) is 4.79 Å². The highest BCUT2D eigenvalue weighted by Gasteiger charge is 2.10. The number of hydrogen-bond acceptors (Lipinski definition) is 3. The lowest BCUT2D eigenvalue weighted by atomic mass is 10.1. The van der Waals surface area contributed by atoms with Crippen LogP contribution in [0.1, 0.15) is 28.5 Å². The van der Waals surface area contributed by atoms with Gasteiger partial charge in [-0.05, 0) is 17.5 Å². The summed E-state index contributed by atoms with van der Waals surface area (Å²) in [6.07, 6.45) is 2.43. The van der Waals surface area contributed by atoms with E-state index in [1.54, 1.807) is 0 Å². The van der Waals surface area contributed by atoms with Crippen LogP contribution in [0.2, 0.25) is 0 Å². The number of anilines is 1. The average molecular weight is 244 g/mol. The summed E-state index contributed by atoms with van der Waals surface area (Å²) in [5.41, 5.74) is 8.59. The van der Waals surface area contributed by atoms with Gasteiger partial charge < -0.3 is 11.1 Å². The maximum atomic E-state index is 11.8. The van der Waals surface area contributed by atoms with Gasteiger partial charge in [0.2, 0.25) is 0 Å². The van der Waals surface area contributed by atoms with Crippen LogP contribution >= 0.6 is 0 Å². The highest BCUT2D eigenvalue weighted by atomic mass is 16.1. The molecule has 5 heteroatoms. The van der Waals surface area contributed by atoms with Gasteiger partial charge in [0.15, 0.2) is 0 Å². The highest BCUT2D eigenvalue weighted by molar-refractivity contribution is 5.96. The highest BCUT2D eigenvalue weighted by Crippen LogP contribution is 2.07. The molecule has 4 N–H and O–H groups in total. The average Bonchev–Trinajstić information content (AvgIpc) is 2.83. The first-order valence-corrected chi connectivity index (χ1v) is 5.85. The molecule has 0 aliphatic heterocycles. The fourth-order valence-corrected chi connectivity index (χ4v) is 1.64. The molecule has 0 unspecified atom stereocenters. The molecule has 5 nitrogen and oxygen atoms in total. The van der Waals surface area contributed by atoms with Crippen LogP contribution < -0.4 is 11.1 Å². The van der Waals surface area contributed by atoms with Gasteiger partial charge in [-0.1, -0.05) is 31.2 Å². The van der Waals surface area contributed by atoms with E-state index in [-0.39, 0.29) is 5.91 Å². The van der Waals surface area contributed by atoms with Crippen molar-refractivity contribution in [1.29, 1.82) is 0 Å². The van der Waals surface area contributed by atoms with Crippen molar-refractivity contribution in [2.24, 2.45) is 0 Å². The molecule has 0 fully saturated rings. The molecular formula is C13H16N4O. The Morgan fingerprint density at radius 3 is 2.56 bits per heavy atom. The monoisotopic (exact) mass is 244 g/mol. The van der Waals surface area contributed by atoms with Crippen LogP contribution in [0, 0.1) is 0 Å². The quantitative estimate of drug-likeness (QED) is 0.761. The summed E-state index contributed by atoms with van der Waals surface area (Å²) in [4.78, 5) is 11.8. The predicted molar refractivity (Wildman–Crippen MR) is 70.0 cm³/mol. The lowest BCUT2D eigenvalue weighted by Gasteiger charge is -2.05. The molecule has 18 heavy (non-hydrogen) atoms. The second-order valence-corrected chi connectivity index (χ2v) is 4.05. The Morgan fingerprint density at radius 1 is 1.33 bits per heavy atom. The van der Waals surface area contributed by atoms with Gasteiger partial charge in [0.25, 0.3) is 5.91 Å². The third kappa shape index (κ3) is 2.68. The first-order chi connectivity index (χ1) is 8.70. The molecule has 0 radical (unpaired) electrons. The largest absolute Gasteiger partial charge is 0.396 e. The molecule has 1 amide bonds. The summed E-state index contributed by atoms with van der Waals surface area (Å²) in [5.74, 6) is -0.246. The second kappa shape index (κ2) is 5.35. The van der Waals surface area contributed by atoms with Crippen molar-refractivity contribution < 1.29 is 4.79 Å². The van der Waals surface area contributed by atoms with Crippen LogP contribution in [0.5, 0.6) is 0 Å². The number of nitrogens with two attached hydrogens (primary N) is 1. The van der Waals surface area contributed by atoms with Gasteiger partial charge in [0.05, 0.1) is 11.9 Å². The summed E-state index contributed by atoms with van der Waals surface area (Å²) >= 11 is 0. The number of aromatic amines is 1. The zero-order valence-corrected chi connectivity index (χ0v) is 10.2. The molecule has 0 bridgehead atoms. The van der Waals surface area contributed by atoms with Gasteiger partial charge in [0, 0.05) is 6.54 Å². The van der Waals surface area contributed by atoms with Crippen molar-refractivity contribution in [3.8, 4) is 0 Å². The van der Waals surface area contributed by atoms with Crippen LogP contribution in [0.15, 0.2) is 30.5 Å². The Morgan fingerprint density at radius 2 is 2.00 bits per heavy atom. The van der Waals surface area contributed by atoms with E-state index in [0.29, 0.717) is 17.9 Å². The van der Waals surface area contributed by atoms with Crippen LogP contribution in [-0.4, -0.2) is 16.1 Å². The summed E-state index contributed by atoms with van der Waals surface area (Å²) in [7, 11) is 0. The van der Waals surface area contributed by atoms with Gasteiger partial charge >= 0.3 is 0 Å². The number of aromatic nitrogens is 2. The van der Waals surface area contributed by atoms with Crippen molar-refractivity contribution in [2.75, 3.05) is 5.73 Å². The van der Waals surface area contributed by atoms with Crippen molar-refractivity contribution in [1.82, 2.24) is 15.5 Å². The maximum absolute atomic E-state index is 11.8. The minimum absolute atomic E-state index is 0.246. The second-order valence-electron chi connectivity index (χ2n) is 4.05. The van der Waals surface area contributed by atoms with Gasteiger partial charge in [-0.3, -0.25) is 9.89 Å². The number of nitrogens with zero attached hydrogens (tertiary/aromatic N) is 1. The Balaban J connectivity index is 1.95. The zero-order valence-electron chi connectivity index (χ0n) is 10.2. The number of rotatable bonds is 4. The number of carbonyl (C=O) groups is 1. The molecule has 0 saturated carbocycles. The summed E-state index contributed by atoms with van der Waals surface area (Å²) in [6, 6.07) is 8.14. The Labute approximate surface area is 105 Å². The molecule has 0 saturated heterocycles. The summed E-state index contributed by atoms with van der Waals surface area (Å²) in [5, 5.41) is 9.07. The van der Waals surface area contributed by atoms with Gasteiger partial charge in [0.1, 0.15) is 5.69 Å². The number of nitrogen functional groups attached to an aromatic ring is 1. The first kappa shape index (κ1) is 12.2. The van der Waals surface area contributed by atoms with Crippen molar-refractivity contribution in [2.45, 2.75) is 19.9 Å². The van der Waals surface area contributed by atoms with Crippen LogP contribution in [-0.2, 0) is 13.0 Å². The van der Waals surface area contributed by atoms with Crippen LogP contribution in [0.3, 0.4) is 0 Å². The van der Waals surface area contributed by atoms with E-state index in [0.717, 1.165) is 12.0 Å². The number of H-pyrrole nitrogens is 1. The van der Waals surface area contributed by atoms with E-state index in [1.807, 2.05) is 12.1 Å². The Kier molecular flexibility index (Phi) is 3.62. The smallest absolute Gasteiger partial charge is 0.271 e. The molecule has 0 aliphatic carbocycles. The normalized spacial score (nSPS) is 10.3. The first-order valence-electron chi connectivity index (χ1n) is 5.85. The minimum Gasteiger partial charge on any atom is -0.396 e. The fourth-order valence-electron chi connectivity index (χ4n) is 1.64. The van der Waals surface area contributed by atoms with E-state index in [1.165, 1.54) is 11.8 Å². The molecule has 2 rings (SSSR count). The molecule has 0 spiro atoms. The minimum atomic E-state index is -0.246. The number of amides is 1. The van der Waals surface area contributed by atoms with Crippen molar-refractivity contribution in [3.05, 3.63) is 47.3 Å². The number of aryl methyl sites for hydroxylation is 1. The van der Waals surface area contributed by atoms with Gasteiger partial charge in [-0.2, -0.15) is 5.10 Å². The fraction of sp³-hybridized carbons (Fsp3) is 0.231. The molecule has 1 heterocycles. The number of nitrogens with one attached hydrogen (secondary N) is 2. The SMILES string of the molecule is CCc1ccc(CNC(=O)c2[nH]ncc2N)cc1. The third-order valence-corrected chi connectivity index (χ3v) is 2.78. The zero-order chi connectivity index (χ0) is 13.0. The molecule has 0 aliphatic rings. The van der Waals surface area contributed by atoms with E-state index in [2.05, 4.69) is 34.6 Å². The lowest BCUT2D eigenvalue weighted by Crippen LogP contribution is -2.24. The van der Waals surface area contributed by atoms with Crippen LogP contribution in [0.25, 0.3) is 0 Å². The van der Waals surface area contributed by atoms with Crippen molar-refractivity contribution >= 4 is 11.6 Å². The van der Waals surface area contributed by atoms with Crippen LogP contribution in [0.4, 0.5) is 5.69 Å². The number of carbonyl (C=O) groups excluding carboxylic acids is 1. The molecule has 1 aromatic carbocycles. The Bertz CT molecular complexity index is 530. The van der Waals surface area contributed by atoms with E-state index >= 15 is 0 Å². The molecular weight excluding hydrogens is 228 g/mol. The molecule has 0 atom stereocenters. The van der Waals surface area contributed by atoms with Gasteiger partial charge in [-0.15, -0.1) is 0 Å². The summed E-state index contributed by atoms with van der Waals surface area (Å²) in [6.45, 7) is 2.58. The van der Waals surface area contributed by atoms with E-state index < -0.39 is 0 Å². The van der Waals surface area contributed by atoms with E-state index in [4.69, 9.17) is 5.73 Å².